The van der Waals surface area contributed by atoms with Gasteiger partial charge >= 0.3 is 6.36 Å². The first kappa shape index (κ1) is 28.3. The molecular weight excluding hydrogens is 537 g/mol. The number of anilines is 1. The molecule has 41 heavy (non-hydrogen) atoms. The highest BCUT2D eigenvalue weighted by Crippen LogP contribution is 2.38. The highest BCUT2D eigenvalue weighted by atomic mass is 19.4. The van der Waals surface area contributed by atoms with E-state index in [1.807, 2.05) is 31.2 Å². The summed E-state index contributed by atoms with van der Waals surface area (Å²) in [5.74, 6) is 0.724. The Balaban J connectivity index is 1.15. The largest absolute Gasteiger partial charge is 0.573 e. The Kier molecular flexibility index (Phi) is 8.05. The number of carbonyl (C=O) groups is 2. The molecule has 2 aliphatic rings. The van der Waals surface area contributed by atoms with Gasteiger partial charge in [0.25, 0.3) is 11.8 Å². The summed E-state index contributed by atoms with van der Waals surface area (Å²) in [5.41, 5.74) is 2.44. The van der Waals surface area contributed by atoms with Gasteiger partial charge in [0.2, 0.25) is 0 Å². The fraction of sp³-hybridized carbons (Fsp3) is 0.367. The van der Waals surface area contributed by atoms with Crippen LogP contribution in [0.3, 0.4) is 0 Å². The maximum atomic E-state index is 13.0. The van der Waals surface area contributed by atoms with Gasteiger partial charge in [-0.1, -0.05) is 18.2 Å². The molecule has 2 fully saturated rings. The zero-order valence-corrected chi connectivity index (χ0v) is 22.7. The minimum Gasteiger partial charge on any atom is -0.496 e. The molecule has 0 aliphatic carbocycles. The van der Waals surface area contributed by atoms with Crippen molar-refractivity contribution in [1.29, 1.82) is 0 Å². The van der Waals surface area contributed by atoms with E-state index >= 15 is 0 Å². The van der Waals surface area contributed by atoms with E-state index in [0.29, 0.717) is 22.4 Å². The van der Waals surface area contributed by atoms with Gasteiger partial charge in [-0.2, -0.15) is 0 Å². The number of methoxy groups -OCH3 is 1. The number of amides is 2. The maximum Gasteiger partial charge on any atom is 0.573 e. The number of halogens is 3. The van der Waals surface area contributed by atoms with Crippen molar-refractivity contribution in [3.05, 3.63) is 83.0 Å². The van der Waals surface area contributed by atoms with Gasteiger partial charge in [-0.25, -0.2) is 4.98 Å². The number of hydrogen-bond acceptors (Lipinski definition) is 6. The van der Waals surface area contributed by atoms with Crippen LogP contribution in [-0.4, -0.2) is 48.4 Å². The van der Waals surface area contributed by atoms with Gasteiger partial charge in [0.15, 0.2) is 0 Å². The number of aromatic nitrogens is 1. The van der Waals surface area contributed by atoms with Crippen molar-refractivity contribution >= 4 is 17.6 Å². The van der Waals surface area contributed by atoms with Gasteiger partial charge < -0.3 is 25.0 Å². The van der Waals surface area contributed by atoms with Gasteiger partial charge in [-0.05, 0) is 74.6 Å². The monoisotopic (exact) mass is 568 g/mol. The molecule has 2 bridgehead atoms. The number of benzene rings is 2. The van der Waals surface area contributed by atoms with Crippen LogP contribution in [-0.2, 0) is 6.54 Å². The lowest BCUT2D eigenvalue weighted by atomic mass is 9.96. The Bertz CT molecular complexity index is 1380. The molecule has 2 aliphatic heterocycles. The molecule has 11 heteroatoms. The quantitative estimate of drug-likeness (QED) is 0.390. The second kappa shape index (κ2) is 11.7. The Morgan fingerprint density at radius 3 is 2.32 bits per heavy atom. The molecule has 3 aromatic rings. The molecule has 0 radical (unpaired) electrons. The average Bonchev–Trinajstić information content (AvgIpc) is 3.21. The third-order valence-electron chi connectivity index (χ3n) is 7.70. The molecule has 1 unspecified atom stereocenters. The first-order valence-corrected chi connectivity index (χ1v) is 13.4. The fourth-order valence-corrected chi connectivity index (χ4v) is 5.78. The summed E-state index contributed by atoms with van der Waals surface area (Å²) in [5, 5.41) is 5.97. The lowest BCUT2D eigenvalue weighted by Gasteiger charge is -2.40. The second-order valence-electron chi connectivity index (χ2n) is 10.3. The SMILES string of the molecule is COc1cccc(C(=O)NC2C[C@H]3CC[C@@H](C2)N3c2ccc(C(=O)NCc3ccc(OC(F)(F)F)cc3)cn2)c1C. The Labute approximate surface area is 235 Å². The summed E-state index contributed by atoms with van der Waals surface area (Å²) < 4.78 is 46.2. The predicted octanol–water partition coefficient (Wildman–Crippen LogP) is 5.16. The van der Waals surface area contributed by atoms with Gasteiger partial charge in [0.05, 0.1) is 12.7 Å². The van der Waals surface area contributed by atoms with Crippen LogP contribution in [0.5, 0.6) is 11.5 Å². The van der Waals surface area contributed by atoms with Crippen molar-refractivity contribution in [3.8, 4) is 11.5 Å². The van der Waals surface area contributed by atoms with Crippen molar-refractivity contribution < 1.29 is 32.2 Å². The van der Waals surface area contributed by atoms with E-state index in [9.17, 15) is 22.8 Å². The number of ether oxygens (including phenoxy) is 2. The minimum atomic E-state index is -4.75. The van der Waals surface area contributed by atoms with Gasteiger partial charge in [0.1, 0.15) is 17.3 Å². The summed E-state index contributed by atoms with van der Waals surface area (Å²) in [6, 6.07) is 14.9. The second-order valence-corrected chi connectivity index (χ2v) is 10.3. The van der Waals surface area contributed by atoms with Crippen LogP contribution in [0.25, 0.3) is 0 Å². The fourth-order valence-electron chi connectivity index (χ4n) is 5.78. The number of piperidine rings is 1. The molecule has 5 rings (SSSR count). The van der Waals surface area contributed by atoms with Crippen LogP contribution in [0.4, 0.5) is 19.0 Å². The van der Waals surface area contributed by atoms with Crippen molar-refractivity contribution in [2.75, 3.05) is 12.0 Å². The lowest BCUT2D eigenvalue weighted by Crippen LogP contribution is -2.50. The molecule has 2 amide bonds. The lowest BCUT2D eigenvalue weighted by molar-refractivity contribution is -0.274. The van der Waals surface area contributed by atoms with Crippen LogP contribution in [0, 0.1) is 6.92 Å². The van der Waals surface area contributed by atoms with E-state index in [0.717, 1.165) is 37.1 Å². The number of hydrogen-bond donors (Lipinski definition) is 2. The number of alkyl halides is 3. The Morgan fingerprint density at radius 1 is 1.00 bits per heavy atom. The number of nitrogens with one attached hydrogen (secondary N) is 2. The summed E-state index contributed by atoms with van der Waals surface area (Å²) in [7, 11) is 1.59. The van der Waals surface area contributed by atoms with E-state index in [1.54, 1.807) is 13.2 Å². The molecule has 3 atom stereocenters. The number of rotatable bonds is 8. The van der Waals surface area contributed by atoms with Crippen molar-refractivity contribution in [1.82, 2.24) is 15.6 Å². The minimum absolute atomic E-state index is 0.0565. The normalized spacial score (nSPS) is 19.9. The zero-order valence-electron chi connectivity index (χ0n) is 22.7. The number of carbonyl (C=O) groups excluding carboxylic acids is 2. The van der Waals surface area contributed by atoms with Crippen LogP contribution in [0.2, 0.25) is 0 Å². The van der Waals surface area contributed by atoms with E-state index in [1.165, 1.54) is 30.5 Å². The van der Waals surface area contributed by atoms with E-state index < -0.39 is 6.36 Å². The molecule has 2 saturated heterocycles. The maximum absolute atomic E-state index is 13.0. The topological polar surface area (TPSA) is 92.8 Å². The van der Waals surface area contributed by atoms with Crippen molar-refractivity contribution in [2.24, 2.45) is 0 Å². The molecular formula is C30H31F3N4O4. The standard InChI is InChI=1S/C30H31F3N4O4/c1-18-25(4-3-5-26(18)40-2)29(39)36-21-14-22-9-10-23(15-21)37(22)27-13-8-20(17-34-27)28(38)35-16-19-6-11-24(12-7-19)41-30(31,32)33/h3-8,11-13,17,21-23H,9-10,14-16H2,1-2H3,(H,35,38)(H,36,39)/t21?,22-,23+. The highest BCUT2D eigenvalue weighted by Gasteiger charge is 2.42. The smallest absolute Gasteiger partial charge is 0.496 e. The van der Waals surface area contributed by atoms with Crippen LogP contribution in [0.1, 0.15) is 57.5 Å². The summed E-state index contributed by atoms with van der Waals surface area (Å²) in [6.45, 7) is 2.02. The molecule has 8 nitrogen and oxygen atoms in total. The first-order chi connectivity index (χ1) is 19.6. The number of pyridine rings is 1. The average molecular weight is 569 g/mol. The molecule has 216 valence electrons. The third-order valence-corrected chi connectivity index (χ3v) is 7.70. The van der Waals surface area contributed by atoms with Gasteiger partial charge in [-0.15, -0.1) is 13.2 Å². The summed E-state index contributed by atoms with van der Waals surface area (Å²) in [6.07, 6.45) is 0.405. The molecule has 1 aromatic heterocycles. The van der Waals surface area contributed by atoms with E-state index in [2.05, 4.69) is 25.3 Å². The van der Waals surface area contributed by atoms with E-state index in [-0.39, 0.29) is 42.2 Å². The molecule has 2 aromatic carbocycles. The van der Waals surface area contributed by atoms with Crippen LogP contribution >= 0.6 is 0 Å². The molecule has 2 N–H and O–H groups in total. The third kappa shape index (κ3) is 6.55. The Hall–Kier alpha value is -4.28. The zero-order chi connectivity index (χ0) is 29.1. The van der Waals surface area contributed by atoms with Crippen LogP contribution in [0.15, 0.2) is 60.8 Å². The number of nitrogens with zero attached hydrogens (tertiary/aromatic N) is 2. The van der Waals surface area contributed by atoms with Crippen molar-refractivity contribution in [2.45, 2.75) is 63.6 Å². The number of fused-ring (bicyclic) bond motifs is 2. The van der Waals surface area contributed by atoms with Crippen molar-refractivity contribution in [3.63, 3.8) is 0 Å². The summed E-state index contributed by atoms with van der Waals surface area (Å²) >= 11 is 0. The van der Waals surface area contributed by atoms with E-state index in [4.69, 9.17) is 4.74 Å². The van der Waals surface area contributed by atoms with Gasteiger partial charge in [-0.3, -0.25) is 9.59 Å². The Morgan fingerprint density at radius 2 is 1.71 bits per heavy atom. The molecule has 0 spiro atoms. The molecule has 3 heterocycles. The summed E-state index contributed by atoms with van der Waals surface area (Å²) in [4.78, 5) is 32.5. The molecule has 0 saturated carbocycles. The van der Waals surface area contributed by atoms with Crippen LogP contribution < -0.4 is 25.0 Å². The predicted molar refractivity (Wildman–Crippen MR) is 146 cm³/mol. The highest BCUT2D eigenvalue weighted by molar-refractivity contribution is 5.96. The first-order valence-electron chi connectivity index (χ1n) is 13.4. The van der Waals surface area contributed by atoms with Gasteiger partial charge in [0, 0.05) is 42.0 Å².